The van der Waals surface area contributed by atoms with Gasteiger partial charge in [-0.25, -0.2) is 8.78 Å². The molecule has 0 bridgehead atoms. The predicted molar refractivity (Wildman–Crippen MR) is 101 cm³/mol. The van der Waals surface area contributed by atoms with Crippen LogP contribution in [0.15, 0.2) is 36.5 Å². The monoisotopic (exact) mass is 366 g/mol. The van der Waals surface area contributed by atoms with E-state index in [1.165, 1.54) is 18.2 Å². The molecule has 0 aromatic carbocycles. The maximum atomic E-state index is 16.4. The second-order valence-corrected chi connectivity index (χ2v) is 8.27. The van der Waals surface area contributed by atoms with Crippen molar-refractivity contribution >= 4 is 5.78 Å². The summed E-state index contributed by atoms with van der Waals surface area (Å²) < 4.78 is 31.3. The van der Waals surface area contributed by atoms with E-state index in [0.29, 0.717) is 12.8 Å². The fourth-order valence-corrected chi connectivity index (χ4v) is 5.39. The molecule has 0 aromatic heterocycles. The number of alkyl halides is 2. The van der Waals surface area contributed by atoms with Gasteiger partial charge in [-0.15, -0.1) is 6.58 Å². The predicted octanol–water partition coefficient (Wildman–Crippen LogP) is 5.13. The van der Waals surface area contributed by atoms with Crippen molar-refractivity contribution in [2.45, 2.75) is 71.8 Å². The molecule has 2 nitrogen and oxygen atoms in total. The highest BCUT2D eigenvalue weighted by molar-refractivity contribution is 6.01. The highest BCUT2D eigenvalue weighted by Crippen LogP contribution is 2.65. The van der Waals surface area contributed by atoms with E-state index in [2.05, 4.69) is 6.58 Å². The van der Waals surface area contributed by atoms with E-state index in [1.807, 2.05) is 27.7 Å². The van der Waals surface area contributed by atoms with Crippen LogP contribution in [0, 0.1) is 22.7 Å². The van der Waals surface area contributed by atoms with Gasteiger partial charge in [0, 0.05) is 11.3 Å². The minimum atomic E-state index is -1.97. The van der Waals surface area contributed by atoms with Crippen LogP contribution in [0.2, 0.25) is 0 Å². The van der Waals surface area contributed by atoms with Gasteiger partial charge in [0.2, 0.25) is 0 Å². The molecule has 146 valence electrons. The van der Waals surface area contributed by atoms with Crippen molar-refractivity contribution in [3.8, 4) is 0 Å². The summed E-state index contributed by atoms with van der Waals surface area (Å²) in [6, 6.07) is 0. The number of allylic oxidation sites excluding steroid dienone is 5. The van der Waals surface area contributed by atoms with Gasteiger partial charge in [0.05, 0.1) is 6.10 Å². The number of aliphatic hydroxyl groups is 1. The first-order valence-electron chi connectivity index (χ1n) is 9.67. The molecule has 3 rings (SSSR count). The molecular formula is C22H32F2O2. The number of aliphatic hydroxyl groups excluding tert-OH is 1. The molecule has 0 saturated heterocycles. The van der Waals surface area contributed by atoms with Crippen LogP contribution < -0.4 is 0 Å². The average Bonchev–Trinajstić information content (AvgIpc) is 2.60. The van der Waals surface area contributed by atoms with E-state index in [-0.39, 0.29) is 29.1 Å². The molecule has 0 spiro atoms. The number of carbonyl (C=O) groups excluding carboxylic acids is 1. The summed E-state index contributed by atoms with van der Waals surface area (Å²) >= 11 is 0. The summed E-state index contributed by atoms with van der Waals surface area (Å²) in [5, 5.41) is 10.8. The summed E-state index contributed by atoms with van der Waals surface area (Å²) in [6.07, 6.45) is 4.17. The first-order valence-corrected chi connectivity index (χ1v) is 9.67. The molecule has 0 aliphatic heterocycles. The zero-order valence-electron chi connectivity index (χ0n) is 16.6. The molecule has 0 radical (unpaired) electrons. The Morgan fingerprint density at radius 3 is 2.58 bits per heavy atom. The van der Waals surface area contributed by atoms with Crippen molar-refractivity contribution in [3.05, 3.63) is 36.5 Å². The third-order valence-corrected chi connectivity index (χ3v) is 7.07. The largest absolute Gasteiger partial charge is 0.390 e. The fraction of sp³-hybridized carbons (Fsp3) is 0.682. The smallest absolute Gasteiger partial charge is 0.178 e. The summed E-state index contributed by atoms with van der Waals surface area (Å²) in [4.78, 5) is 11.7. The first-order chi connectivity index (χ1) is 12.1. The molecule has 2 saturated carbocycles. The Hall–Kier alpha value is -1.29. The quantitative estimate of drug-likeness (QED) is 0.688. The van der Waals surface area contributed by atoms with Gasteiger partial charge in [0.1, 0.15) is 6.17 Å². The minimum Gasteiger partial charge on any atom is -0.390 e. The van der Waals surface area contributed by atoms with E-state index < -0.39 is 29.3 Å². The van der Waals surface area contributed by atoms with Crippen molar-refractivity contribution in [2.75, 3.05) is 0 Å². The molecule has 2 fully saturated rings. The fourth-order valence-electron chi connectivity index (χ4n) is 5.39. The number of carbonyl (C=O) groups is 1. The third kappa shape index (κ3) is 2.72. The molecule has 26 heavy (non-hydrogen) atoms. The Morgan fingerprint density at radius 2 is 2.00 bits per heavy atom. The summed E-state index contributed by atoms with van der Waals surface area (Å²) in [6.45, 7) is 13.4. The molecule has 1 N–H and O–H groups in total. The van der Waals surface area contributed by atoms with Crippen LogP contribution >= 0.6 is 0 Å². The van der Waals surface area contributed by atoms with Gasteiger partial charge >= 0.3 is 0 Å². The second-order valence-electron chi connectivity index (χ2n) is 8.27. The van der Waals surface area contributed by atoms with Gasteiger partial charge in [-0.2, -0.15) is 0 Å². The third-order valence-electron chi connectivity index (χ3n) is 7.07. The number of hydrogen-bond donors (Lipinski definition) is 1. The number of fused-ring (bicyclic) bond motifs is 3. The van der Waals surface area contributed by atoms with Crippen molar-refractivity contribution in [2.24, 2.45) is 22.7 Å². The van der Waals surface area contributed by atoms with E-state index >= 15 is 4.39 Å². The van der Waals surface area contributed by atoms with Gasteiger partial charge in [0.15, 0.2) is 11.5 Å². The molecule has 2 unspecified atom stereocenters. The maximum Gasteiger partial charge on any atom is 0.178 e. The number of rotatable bonds is 2. The maximum absolute atomic E-state index is 16.4. The topological polar surface area (TPSA) is 37.3 Å². The van der Waals surface area contributed by atoms with Crippen LogP contribution in [-0.2, 0) is 4.79 Å². The highest BCUT2D eigenvalue weighted by Gasteiger charge is 2.69. The van der Waals surface area contributed by atoms with Gasteiger partial charge in [0.25, 0.3) is 0 Å². The van der Waals surface area contributed by atoms with Gasteiger partial charge in [-0.05, 0) is 55.2 Å². The zero-order valence-corrected chi connectivity index (χ0v) is 16.6. The van der Waals surface area contributed by atoms with Crippen LogP contribution in [0.5, 0.6) is 0 Å². The number of ketones is 1. The molecular weight excluding hydrogens is 334 g/mol. The zero-order chi connectivity index (χ0) is 19.9. The number of halogens is 2. The average molecular weight is 366 g/mol. The molecule has 7 atom stereocenters. The van der Waals surface area contributed by atoms with Crippen LogP contribution in [0.4, 0.5) is 8.78 Å². The number of hydrogen-bond acceptors (Lipinski definition) is 2. The normalized spacial score (nSPS) is 47.1. The molecule has 0 amide bonds. The standard InChI is InChI=1S/C20H26F2O2.C2H6/c1-5-7-18(3)11-17(24)20(22)14(12(18)2)10-16(21)15-9-13(23)6-8-19(15,20)4;1-2/h5-6,8-9,12,14,16-17,24H,1,7,10-11H2,2-4H3;1-2H3/t12?,14?,16-,17-,18-,19-,20-;/m1./s1. The van der Waals surface area contributed by atoms with Gasteiger partial charge in [-0.3, -0.25) is 4.79 Å². The van der Waals surface area contributed by atoms with Crippen LogP contribution in [0.3, 0.4) is 0 Å². The van der Waals surface area contributed by atoms with E-state index in [9.17, 15) is 14.3 Å². The Labute approximate surface area is 156 Å². The lowest BCUT2D eigenvalue weighted by Crippen LogP contribution is -2.67. The lowest BCUT2D eigenvalue weighted by atomic mass is 9.45. The summed E-state index contributed by atoms with van der Waals surface area (Å²) in [5.41, 5.74) is -3.40. The Balaban J connectivity index is 0.00000117. The van der Waals surface area contributed by atoms with E-state index in [1.54, 1.807) is 13.0 Å². The molecule has 0 aromatic rings. The minimum absolute atomic E-state index is 0.00397. The second kappa shape index (κ2) is 7.03. The summed E-state index contributed by atoms with van der Waals surface area (Å²) in [5.74, 6) is -1.03. The SMILES string of the molecule is C=CC[C@]1(C)C[C@@H](O)[C@]2(F)C(C[C@@H](F)C3=CC(=O)C=C[C@]32C)C1C.CC. The molecule has 3 aliphatic carbocycles. The van der Waals surface area contributed by atoms with Gasteiger partial charge < -0.3 is 5.11 Å². The van der Waals surface area contributed by atoms with Crippen molar-refractivity contribution in [1.82, 2.24) is 0 Å². The van der Waals surface area contributed by atoms with Crippen LogP contribution in [0.25, 0.3) is 0 Å². The highest BCUT2D eigenvalue weighted by atomic mass is 19.1. The lowest BCUT2D eigenvalue weighted by molar-refractivity contribution is -0.198. The Bertz CT molecular complexity index is 640. The Kier molecular flexibility index (Phi) is 5.68. The van der Waals surface area contributed by atoms with E-state index in [0.717, 1.165) is 0 Å². The Morgan fingerprint density at radius 1 is 1.38 bits per heavy atom. The van der Waals surface area contributed by atoms with Crippen LogP contribution in [-0.4, -0.2) is 28.8 Å². The molecule has 3 aliphatic rings. The van der Waals surface area contributed by atoms with Crippen molar-refractivity contribution in [3.63, 3.8) is 0 Å². The summed E-state index contributed by atoms with van der Waals surface area (Å²) in [7, 11) is 0. The van der Waals surface area contributed by atoms with Crippen LogP contribution in [0.1, 0.15) is 53.9 Å². The molecule has 4 heteroatoms. The lowest BCUT2D eigenvalue weighted by Gasteiger charge is -2.62. The first kappa shape index (κ1) is 21.0. The van der Waals surface area contributed by atoms with E-state index in [4.69, 9.17) is 0 Å². The molecule has 0 heterocycles. The van der Waals surface area contributed by atoms with Crippen molar-refractivity contribution in [1.29, 1.82) is 0 Å². The van der Waals surface area contributed by atoms with Crippen molar-refractivity contribution < 1.29 is 18.7 Å². The van der Waals surface area contributed by atoms with Gasteiger partial charge in [-0.1, -0.05) is 39.8 Å².